The quantitative estimate of drug-likeness (QED) is 0.194. The molecule has 28 heavy (non-hydrogen) atoms. The Bertz CT molecular complexity index is 444. The predicted molar refractivity (Wildman–Crippen MR) is 104 cm³/mol. The summed E-state index contributed by atoms with van der Waals surface area (Å²) in [5.74, 6) is -0.384. The van der Waals surface area contributed by atoms with E-state index in [1.54, 1.807) is 0 Å². The lowest BCUT2D eigenvalue weighted by Gasteiger charge is -2.45. The van der Waals surface area contributed by atoms with Crippen LogP contribution in [-0.4, -0.2) is 74.3 Å². The summed E-state index contributed by atoms with van der Waals surface area (Å²) in [6.45, 7) is 2.86. The van der Waals surface area contributed by atoms with E-state index in [0.29, 0.717) is 6.42 Å². The highest BCUT2D eigenvalue weighted by Gasteiger charge is 2.50. The lowest BCUT2D eigenvalue weighted by atomic mass is 9.90. The van der Waals surface area contributed by atoms with Gasteiger partial charge in [0.1, 0.15) is 30.5 Å². The van der Waals surface area contributed by atoms with Crippen LogP contribution >= 0.6 is 0 Å². The smallest absolute Gasteiger partial charge is 0.222 e. The number of carbonyl (C=O) groups is 1. The number of rotatable bonds is 13. The largest absolute Gasteiger partial charge is 0.394 e. The van der Waals surface area contributed by atoms with Gasteiger partial charge in [-0.15, -0.1) is 0 Å². The minimum Gasteiger partial charge on any atom is -0.394 e. The van der Waals surface area contributed by atoms with Crippen molar-refractivity contribution in [3.63, 3.8) is 0 Å². The van der Waals surface area contributed by atoms with E-state index in [-0.39, 0.29) is 12.3 Å². The Morgan fingerprint density at radius 3 is 2.00 bits per heavy atom. The van der Waals surface area contributed by atoms with Gasteiger partial charge in [-0.3, -0.25) is 4.79 Å². The SMILES string of the molecule is CCCCCCCCCCCC(=O)NC(C)(O)[C@@H]1O[C@H](CO)[C@@H](O)[C@H](O)[C@H]1O. The van der Waals surface area contributed by atoms with Gasteiger partial charge in [-0.1, -0.05) is 58.3 Å². The fraction of sp³-hybridized carbons (Fsp3) is 0.950. The van der Waals surface area contributed by atoms with Crippen molar-refractivity contribution >= 4 is 5.91 Å². The lowest BCUT2D eigenvalue weighted by Crippen LogP contribution is -2.68. The molecule has 0 spiro atoms. The first kappa shape index (κ1) is 25.3. The second kappa shape index (κ2) is 12.7. The van der Waals surface area contributed by atoms with Gasteiger partial charge in [0.15, 0.2) is 5.72 Å². The number of hydrogen-bond acceptors (Lipinski definition) is 7. The van der Waals surface area contributed by atoms with Crippen LogP contribution in [0.1, 0.15) is 78.1 Å². The normalized spacial score (nSPS) is 30.0. The Balaban J connectivity index is 2.33. The highest BCUT2D eigenvalue weighted by Crippen LogP contribution is 2.27. The van der Waals surface area contributed by atoms with E-state index >= 15 is 0 Å². The van der Waals surface area contributed by atoms with Crippen molar-refractivity contribution in [2.45, 2.75) is 114 Å². The van der Waals surface area contributed by atoms with Crippen LogP contribution in [0.3, 0.4) is 0 Å². The number of amides is 1. The average Bonchev–Trinajstić information content (AvgIpc) is 2.64. The minimum absolute atomic E-state index is 0.239. The van der Waals surface area contributed by atoms with Crippen LogP contribution in [0.15, 0.2) is 0 Å². The van der Waals surface area contributed by atoms with Gasteiger partial charge < -0.3 is 35.6 Å². The minimum atomic E-state index is -1.95. The zero-order valence-electron chi connectivity index (χ0n) is 17.2. The van der Waals surface area contributed by atoms with E-state index in [1.807, 2.05) is 0 Å². The molecule has 166 valence electrons. The predicted octanol–water partition coefficient (Wildman–Crippen LogP) is 0.574. The Morgan fingerprint density at radius 1 is 0.929 bits per heavy atom. The van der Waals surface area contributed by atoms with E-state index in [0.717, 1.165) is 19.3 Å². The zero-order valence-corrected chi connectivity index (χ0v) is 17.2. The highest BCUT2D eigenvalue weighted by molar-refractivity contribution is 5.76. The molecule has 0 aromatic carbocycles. The summed E-state index contributed by atoms with van der Waals surface area (Å²) in [5.41, 5.74) is -1.95. The maximum Gasteiger partial charge on any atom is 0.222 e. The van der Waals surface area contributed by atoms with Crippen molar-refractivity contribution in [2.75, 3.05) is 6.61 Å². The number of nitrogens with one attached hydrogen (secondary N) is 1. The van der Waals surface area contributed by atoms with Gasteiger partial charge in [0, 0.05) is 6.42 Å². The van der Waals surface area contributed by atoms with Crippen molar-refractivity contribution in [1.82, 2.24) is 5.32 Å². The molecule has 0 bridgehead atoms. The molecule has 1 amide bonds. The summed E-state index contributed by atoms with van der Waals surface area (Å²) in [6.07, 6.45) is 3.16. The van der Waals surface area contributed by atoms with Crippen molar-refractivity contribution < 1.29 is 35.1 Å². The average molecular weight is 406 g/mol. The van der Waals surface area contributed by atoms with Crippen molar-refractivity contribution in [1.29, 1.82) is 0 Å². The molecule has 1 heterocycles. The summed E-state index contributed by atoms with van der Waals surface area (Å²) in [4.78, 5) is 12.1. The molecule has 6 atom stereocenters. The van der Waals surface area contributed by atoms with Gasteiger partial charge in [-0.05, 0) is 13.3 Å². The summed E-state index contributed by atoms with van der Waals surface area (Å²) in [7, 11) is 0. The molecule has 1 rings (SSSR count). The molecule has 0 saturated carbocycles. The summed E-state index contributed by atoms with van der Waals surface area (Å²) in [6, 6.07) is 0. The van der Waals surface area contributed by atoms with Gasteiger partial charge in [0.2, 0.25) is 5.91 Å². The van der Waals surface area contributed by atoms with E-state index < -0.39 is 42.9 Å². The van der Waals surface area contributed by atoms with Gasteiger partial charge >= 0.3 is 0 Å². The molecule has 0 aliphatic carbocycles. The number of ether oxygens (including phenoxy) is 1. The molecule has 0 radical (unpaired) electrons. The van der Waals surface area contributed by atoms with Gasteiger partial charge in [-0.2, -0.15) is 0 Å². The zero-order chi connectivity index (χ0) is 21.2. The van der Waals surface area contributed by atoms with Crippen LogP contribution in [0.4, 0.5) is 0 Å². The van der Waals surface area contributed by atoms with Crippen LogP contribution in [0.5, 0.6) is 0 Å². The van der Waals surface area contributed by atoms with E-state index in [2.05, 4.69) is 12.2 Å². The van der Waals surface area contributed by atoms with Crippen LogP contribution < -0.4 is 5.32 Å². The molecule has 1 fully saturated rings. The van der Waals surface area contributed by atoms with Gasteiger partial charge in [0.05, 0.1) is 6.61 Å². The van der Waals surface area contributed by atoms with Crippen LogP contribution in [-0.2, 0) is 9.53 Å². The van der Waals surface area contributed by atoms with Gasteiger partial charge in [0.25, 0.3) is 0 Å². The number of aliphatic hydroxyl groups is 5. The topological polar surface area (TPSA) is 139 Å². The van der Waals surface area contributed by atoms with Crippen LogP contribution in [0.2, 0.25) is 0 Å². The molecule has 0 aromatic rings. The maximum absolute atomic E-state index is 12.1. The van der Waals surface area contributed by atoms with Crippen LogP contribution in [0.25, 0.3) is 0 Å². The number of aliphatic hydroxyl groups excluding tert-OH is 4. The fourth-order valence-corrected chi connectivity index (χ4v) is 3.58. The molecular formula is C20H39NO7. The Hall–Kier alpha value is -0.770. The summed E-state index contributed by atoms with van der Waals surface area (Å²) < 4.78 is 5.32. The lowest BCUT2D eigenvalue weighted by molar-refractivity contribution is -0.271. The molecule has 1 aliphatic rings. The van der Waals surface area contributed by atoms with Crippen molar-refractivity contribution in [3.8, 4) is 0 Å². The maximum atomic E-state index is 12.1. The Morgan fingerprint density at radius 2 is 1.46 bits per heavy atom. The molecule has 8 heteroatoms. The van der Waals surface area contributed by atoms with E-state index in [4.69, 9.17) is 4.74 Å². The first-order valence-corrected chi connectivity index (χ1v) is 10.6. The first-order chi connectivity index (χ1) is 13.2. The number of hydrogen-bond donors (Lipinski definition) is 6. The van der Waals surface area contributed by atoms with Gasteiger partial charge in [-0.25, -0.2) is 0 Å². The fourth-order valence-electron chi connectivity index (χ4n) is 3.58. The molecule has 0 aromatic heterocycles. The van der Waals surface area contributed by atoms with E-state index in [9.17, 15) is 30.3 Å². The number of unbranched alkanes of at least 4 members (excludes halogenated alkanes) is 8. The third-order valence-electron chi connectivity index (χ3n) is 5.35. The van der Waals surface area contributed by atoms with Crippen molar-refractivity contribution in [3.05, 3.63) is 0 Å². The molecule has 1 aliphatic heterocycles. The van der Waals surface area contributed by atoms with E-state index in [1.165, 1.54) is 39.0 Å². The molecule has 1 unspecified atom stereocenters. The molecule has 6 N–H and O–H groups in total. The Labute approximate surface area is 167 Å². The van der Waals surface area contributed by atoms with Crippen LogP contribution in [0, 0.1) is 0 Å². The Kier molecular flexibility index (Phi) is 11.5. The van der Waals surface area contributed by atoms with Crippen molar-refractivity contribution in [2.24, 2.45) is 0 Å². The third-order valence-corrected chi connectivity index (χ3v) is 5.35. The molecule has 1 saturated heterocycles. The molecular weight excluding hydrogens is 366 g/mol. The third kappa shape index (κ3) is 7.93. The first-order valence-electron chi connectivity index (χ1n) is 10.6. The monoisotopic (exact) mass is 405 g/mol. The highest BCUT2D eigenvalue weighted by atomic mass is 16.6. The molecule has 8 nitrogen and oxygen atoms in total. The standard InChI is InChI=1S/C20H39NO7/c1-3-4-5-6-7-8-9-10-11-12-15(23)21-20(2,27)19-18(26)17(25)16(24)14(13-22)28-19/h14,16-19,22,24-27H,3-13H2,1-2H3,(H,21,23)/t14-,16-,17+,18-,19-,20?/m1/s1. The summed E-state index contributed by atoms with van der Waals surface area (Å²) >= 11 is 0. The number of carbonyl (C=O) groups excluding carboxylic acids is 1. The summed E-state index contributed by atoms with van der Waals surface area (Å²) in [5, 5.41) is 51.9. The second-order valence-corrected chi connectivity index (χ2v) is 8.02. The second-order valence-electron chi connectivity index (χ2n) is 8.02.